The summed E-state index contributed by atoms with van der Waals surface area (Å²) in [6.45, 7) is 6.09. The number of unbranched alkanes of at least 4 members (excludes halogenated alkanes) is 13. The largest absolute Gasteiger partial charge is 0.312 e. The molecule has 6 unspecified atom stereocenters. The van der Waals surface area contributed by atoms with E-state index in [1.807, 2.05) is 0 Å². The molecule has 6 atom stereocenters. The van der Waals surface area contributed by atoms with Crippen LogP contribution in [0.4, 0.5) is 0 Å². The van der Waals surface area contributed by atoms with Crippen molar-refractivity contribution in [3.05, 3.63) is 0 Å². The maximum Gasteiger partial charge on any atom is 0.164 e. The fourth-order valence-electron chi connectivity index (χ4n) is 6.56. The first-order valence-corrected chi connectivity index (χ1v) is 21.6. The molecule has 2 aliphatic heterocycles. The van der Waals surface area contributed by atoms with Crippen LogP contribution in [-0.4, -0.2) is 61.8 Å². The Bertz CT molecular complexity index is 816. The molecule has 2 aliphatic rings. The van der Waals surface area contributed by atoms with Crippen molar-refractivity contribution >= 4 is 51.5 Å². The molecule has 0 aliphatic carbocycles. The second-order valence-corrected chi connectivity index (χ2v) is 19.9. The summed E-state index contributed by atoms with van der Waals surface area (Å²) in [7, 11) is -5.99. The van der Waals surface area contributed by atoms with Crippen LogP contribution in [-0.2, 0) is 19.7 Å². The van der Waals surface area contributed by atoms with Gasteiger partial charge in [0.2, 0.25) is 0 Å². The molecule has 0 bridgehead atoms. The SMILES string of the molecule is CCCC1CS(=O)(=O)C(Br)C1NCCCCCCCCCCCCCCCCNC1C(CCC)CS(=O)(=O)C1Br. The van der Waals surface area contributed by atoms with E-state index in [4.69, 9.17) is 0 Å². The Balaban J connectivity index is 1.35. The van der Waals surface area contributed by atoms with E-state index in [0.717, 1.165) is 51.6 Å². The van der Waals surface area contributed by atoms with Crippen molar-refractivity contribution in [1.82, 2.24) is 10.6 Å². The van der Waals surface area contributed by atoms with Crippen molar-refractivity contribution in [3.8, 4) is 0 Å². The lowest BCUT2D eigenvalue weighted by Gasteiger charge is -2.21. The van der Waals surface area contributed by atoms with E-state index >= 15 is 0 Å². The number of rotatable bonds is 23. The second kappa shape index (κ2) is 19.9. The molecule has 0 aromatic heterocycles. The van der Waals surface area contributed by atoms with Crippen LogP contribution in [0.5, 0.6) is 0 Å². The zero-order valence-electron chi connectivity index (χ0n) is 25.2. The summed E-state index contributed by atoms with van der Waals surface area (Å²) < 4.78 is 48.0. The molecule has 2 rings (SSSR count). The van der Waals surface area contributed by atoms with E-state index in [0.29, 0.717) is 11.5 Å². The predicted octanol–water partition coefficient (Wildman–Crippen LogP) is 7.50. The van der Waals surface area contributed by atoms with Gasteiger partial charge in [0.05, 0.1) is 11.5 Å². The van der Waals surface area contributed by atoms with Gasteiger partial charge in [-0.3, -0.25) is 0 Å². The molecule has 0 radical (unpaired) electrons. The summed E-state index contributed by atoms with van der Waals surface area (Å²) in [5.41, 5.74) is 0. The van der Waals surface area contributed by atoms with Gasteiger partial charge in [-0.2, -0.15) is 0 Å². The lowest BCUT2D eigenvalue weighted by Crippen LogP contribution is -2.39. The molecule has 238 valence electrons. The predicted molar refractivity (Wildman–Crippen MR) is 178 cm³/mol. The molecular weight excluding hydrogens is 676 g/mol. The third kappa shape index (κ3) is 12.8. The van der Waals surface area contributed by atoms with Crippen LogP contribution in [0.15, 0.2) is 0 Å². The third-order valence-electron chi connectivity index (χ3n) is 8.84. The van der Waals surface area contributed by atoms with E-state index < -0.39 is 28.0 Å². The smallest absolute Gasteiger partial charge is 0.164 e. The minimum absolute atomic E-state index is 0.0624. The van der Waals surface area contributed by atoms with Gasteiger partial charge in [-0.1, -0.05) is 136 Å². The molecule has 0 aromatic carbocycles. The number of halogens is 2. The second-order valence-electron chi connectivity index (χ2n) is 12.4. The Morgan fingerprint density at radius 3 is 1.07 bits per heavy atom. The van der Waals surface area contributed by atoms with Crippen LogP contribution in [0.2, 0.25) is 0 Å². The summed E-state index contributed by atoms with van der Waals surface area (Å²) >= 11 is 6.88. The van der Waals surface area contributed by atoms with Gasteiger partial charge in [0.15, 0.2) is 19.7 Å². The number of hydrogen-bond donors (Lipinski definition) is 2. The highest BCUT2D eigenvalue weighted by Crippen LogP contribution is 2.34. The fourth-order valence-corrected chi connectivity index (χ4v) is 12.5. The fraction of sp³-hybridized carbons (Fsp3) is 1.00. The van der Waals surface area contributed by atoms with Crippen LogP contribution >= 0.6 is 31.9 Å². The molecule has 2 heterocycles. The molecular formula is C30H58Br2N2O4S2. The molecule has 2 saturated heterocycles. The van der Waals surface area contributed by atoms with E-state index in [1.54, 1.807) is 0 Å². The number of nitrogens with one attached hydrogen (secondary N) is 2. The number of alkyl halides is 2. The molecule has 2 fully saturated rings. The van der Waals surface area contributed by atoms with Crippen LogP contribution in [0, 0.1) is 11.8 Å². The van der Waals surface area contributed by atoms with Crippen LogP contribution < -0.4 is 10.6 Å². The quantitative estimate of drug-likeness (QED) is 0.0836. The topological polar surface area (TPSA) is 92.3 Å². The summed E-state index contributed by atoms with van der Waals surface area (Å²) in [5, 5.41) is 7.08. The molecule has 40 heavy (non-hydrogen) atoms. The average molecular weight is 735 g/mol. The molecule has 0 amide bonds. The van der Waals surface area contributed by atoms with Crippen LogP contribution in [0.1, 0.15) is 129 Å². The zero-order valence-corrected chi connectivity index (χ0v) is 30.0. The summed E-state index contributed by atoms with van der Waals surface area (Å²) in [6, 6.07) is 0.125. The van der Waals surface area contributed by atoms with Gasteiger partial charge in [-0.25, -0.2) is 16.8 Å². The van der Waals surface area contributed by atoms with Gasteiger partial charge in [0, 0.05) is 12.1 Å². The summed E-state index contributed by atoms with van der Waals surface area (Å²) in [4.78, 5) is 0. The van der Waals surface area contributed by atoms with Gasteiger partial charge in [-0.05, 0) is 50.6 Å². The highest BCUT2D eigenvalue weighted by Gasteiger charge is 2.45. The average Bonchev–Trinajstić information content (AvgIpc) is 3.25. The molecule has 10 heteroatoms. The minimum Gasteiger partial charge on any atom is -0.312 e. The number of hydrogen-bond acceptors (Lipinski definition) is 6. The zero-order chi connectivity index (χ0) is 29.4. The molecule has 0 spiro atoms. The maximum absolute atomic E-state index is 12.2. The summed E-state index contributed by atoms with van der Waals surface area (Å²) in [6.07, 6.45) is 22.0. The Morgan fingerprint density at radius 2 is 0.800 bits per heavy atom. The molecule has 0 saturated carbocycles. The highest BCUT2D eigenvalue weighted by molar-refractivity contribution is 9.11. The Morgan fingerprint density at radius 1 is 0.525 bits per heavy atom. The standard InChI is InChI=1S/C30H58Br2N2O4S2/c1-3-19-25-23-39(35,36)29(31)27(25)33-21-17-15-13-11-9-7-5-6-8-10-12-14-16-18-22-34-28-26(20-4-2)24-40(37,38)30(28)32/h25-30,33-34H,3-24H2,1-2H3. The Labute approximate surface area is 263 Å². The summed E-state index contributed by atoms with van der Waals surface area (Å²) in [5.74, 6) is 1.13. The lowest BCUT2D eigenvalue weighted by atomic mass is 9.98. The molecule has 2 N–H and O–H groups in total. The van der Waals surface area contributed by atoms with Crippen molar-refractivity contribution in [2.45, 2.75) is 150 Å². The first-order chi connectivity index (χ1) is 19.1. The van der Waals surface area contributed by atoms with Gasteiger partial charge >= 0.3 is 0 Å². The van der Waals surface area contributed by atoms with E-state index in [1.165, 1.54) is 77.0 Å². The Kier molecular flexibility index (Phi) is 18.4. The Hall–Kier alpha value is 0.780. The first-order valence-electron chi connectivity index (χ1n) is 16.3. The van der Waals surface area contributed by atoms with Crippen molar-refractivity contribution in [2.24, 2.45) is 11.8 Å². The normalized spacial score (nSPS) is 29.3. The van der Waals surface area contributed by atoms with E-state index in [2.05, 4.69) is 56.3 Å². The molecule has 6 nitrogen and oxygen atoms in total. The van der Waals surface area contributed by atoms with Crippen LogP contribution in [0.3, 0.4) is 0 Å². The van der Waals surface area contributed by atoms with Crippen molar-refractivity contribution < 1.29 is 16.8 Å². The van der Waals surface area contributed by atoms with Crippen molar-refractivity contribution in [3.63, 3.8) is 0 Å². The molecule has 0 aromatic rings. The monoisotopic (exact) mass is 732 g/mol. The van der Waals surface area contributed by atoms with Crippen LogP contribution in [0.25, 0.3) is 0 Å². The first kappa shape index (κ1) is 37.0. The minimum atomic E-state index is -2.99. The third-order valence-corrected chi connectivity index (χ3v) is 17.1. The lowest BCUT2D eigenvalue weighted by molar-refractivity contribution is 0.389. The van der Waals surface area contributed by atoms with E-state index in [9.17, 15) is 16.8 Å². The highest BCUT2D eigenvalue weighted by atomic mass is 79.9. The maximum atomic E-state index is 12.2. The van der Waals surface area contributed by atoms with Crippen molar-refractivity contribution in [2.75, 3.05) is 24.6 Å². The van der Waals surface area contributed by atoms with Gasteiger partial charge < -0.3 is 10.6 Å². The van der Waals surface area contributed by atoms with Gasteiger partial charge in [0.1, 0.15) is 8.32 Å². The van der Waals surface area contributed by atoms with Crippen molar-refractivity contribution in [1.29, 1.82) is 0 Å². The van der Waals surface area contributed by atoms with Gasteiger partial charge in [-0.15, -0.1) is 0 Å². The number of sulfone groups is 2. The van der Waals surface area contributed by atoms with E-state index in [-0.39, 0.29) is 23.9 Å². The van der Waals surface area contributed by atoms with Gasteiger partial charge in [0.25, 0.3) is 0 Å².